The average molecular weight is 480 g/mol. The maximum absolute atomic E-state index is 13.7. The Morgan fingerprint density at radius 3 is 0.968 bits per heavy atom. The van der Waals surface area contributed by atoms with Gasteiger partial charge < -0.3 is 9.47 Å². The first kappa shape index (κ1) is 22.3. The third-order valence-electron chi connectivity index (χ3n) is 3.29. The van der Waals surface area contributed by atoms with Gasteiger partial charge in [-0.3, -0.25) is 0 Å². The summed E-state index contributed by atoms with van der Waals surface area (Å²) < 4.78 is 142. The van der Waals surface area contributed by atoms with Crippen LogP contribution in [-0.4, -0.2) is 15.0 Å². The van der Waals surface area contributed by atoms with Crippen molar-refractivity contribution >= 4 is 11.6 Å². The molecule has 0 aliphatic heterocycles. The molecule has 0 fully saturated rings. The molecule has 31 heavy (non-hydrogen) atoms. The molecule has 0 aliphatic rings. The minimum Gasteiger partial charge on any atom is -0.418 e. The van der Waals surface area contributed by atoms with Gasteiger partial charge in [0.1, 0.15) is 0 Å². The Morgan fingerprint density at radius 1 is 0.419 bits per heavy atom. The summed E-state index contributed by atoms with van der Waals surface area (Å²) in [6.07, 6.45) is 0. The monoisotopic (exact) mass is 479 g/mol. The van der Waals surface area contributed by atoms with Crippen LogP contribution in [0.1, 0.15) is 0 Å². The first-order valence-corrected chi connectivity index (χ1v) is 7.61. The number of nitrogens with zero attached hydrogens (tertiary/aromatic N) is 3. The lowest BCUT2D eigenvalue weighted by Crippen LogP contribution is -2.08. The first-order chi connectivity index (χ1) is 14.4. The molecule has 0 unspecified atom stereocenters. The van der Waals surface area contributed by atoms with E-state index in [1.54, 1.807) is 0 Å². The van der Waals surface area contributed by atoms with Crippen LogP contribution in [0.4, 0.5) is 43.9 Å². The van der Waals surface area contributed by atoms with Crippen molar-refractivity contribution in [1.29, 1.82) is 0 Å². The molecule has 0 radical (unpaired) electrons. The third-order valence-corrected chi connectivity index (χ3v) is 3.46. The zero-order valence-electron chi connectivity index (χ0n) is 13.8. The Labute approximate surface area is 167 Å². The van der Waals surface area contributed by atoms with Crippen molar-refractivity contribution < 1.29 is 53.4 Å². The summed E-state index contributed by atoms with van der Waals surface area (Å²) in [6, 6.07) is -2.66. The van der Waals surface area contributed by atoms with Crippen molar-refractivity contribution in [2.75, 3.05) is 0 Å². The Hall–Kier alpha value is -3.36. The highest BCUT2D eigenvalue weighted by Gasteiger charge is 2.30. The largest absolute Gasteiger partial charge is 0.418 e. The SMILES string of the molecule is Fc1c(F)c(F)c(Oc2nc(Cl)nc(Oc3c(F)c(F)c(F)c(F)c3F)n2)c(F)c1F. The van der Waals surface area contributed by atoms with Crippen LogP contribution in [0.25, 0.3) is 0 Å². The Bertz CT molecular complexity index is 1080. The van der Waals surface area contributed by atoms with Gasteiger partial charge in [-0.15, -0.1) is 4.98 Å². The van der Waals surface area contributed by atoms with Crippen molar-refractivity contribution in [3.05, 3.63) is 63.5 Å². The molecule has 0 saturated carbocycles. The number of aromatic nitrogens is 3. The van der Waals surface area contributed by atoms with Gasteiger partial charge in [0.25, 0.3) is 0 Å². The van der Waals surface area contributed by atoms with E-state index in [9.17, 15) is 43.9 Å². The molecule has 0 aliphatic carbocycles. The molecule has 0 saturated heterocycles. The minimum atomic E-state index is -2.51. The van der Waals surface area contributed by atoms with E-state index in [2.05, 4.69) is 24.4 Å². The van der Waals surface area contributed by atoms with Gasteiger partial charge in [0.2, 0.25) is 75.0 Å². The number of rotatable bonds is 4. The van der Waals surface area contributed by atoms with Crippen LogP contribution in [-0.2, 0) is 0 Å². The highest BCUT2D eigenvalue weighted by molar-refractivity contribution is 6.28. The van der Waals surface area contributed by atoms with Crippen molar-refractivity contribution in [3.63, 3.8) is 0 Å². The van der Waals surface area contributed by atoms with Crippen LogP contribution in [0, 0.1) is 58.2 Å². The second-order valence-corrected chi connectivity index (χ2v) is 5.51. The molecule has 0 atom stereocenters. The average Bonchev–Trinajstić information content (AvgIpc) is 2.74. The fourth-order valence-corrected chi connectivity index (χ4v) is 2.08. The summed E-state index contributed by atoms with van der Waals surface area (Å²) in [5.41, 5.74) is 0. The van der Waals surface area contributed by atoms with Crippen molar-refractivity contribution in [2.24, 2.45) is 0 Å². The van der Waals surface area contributed by atoms with E-state index in [1.165, 1.54) is 0 Å². The zero-order valence-corrected chi connectivity index (χ0v) is 14.6. The van der Waals surface area contributed by atoms with Crippen molar-refractivity contribution in [1.82, 2.24) is 15.0 Å². The van der Waals surface area contributed by atoms with Gasteiger partial charge in [-0.25, -0.2) is 26.3 Å². The van der Waals surface area contributed by atoms with Gasteiger partial charge in [0.15, 0.2) is 0 Å². The highest BCUT2D eigenvalue weighted by atomic mass is 35.5. The van der Waals surface area contributed by atoms with E-state index in [0.29, 0.717) is 0 Å². The second kappa shape index (κ2) is 8.05. The molecule has 164 valence electrons. The quantitative estimate of drug-likeness (QED) is 0.281. The Balaban J connectivity index is 2.04. The van der Waals surface area contributed by atoms with E-state index in [1.807, 2.05) is 0 Å². The molecule has 3 aromatic rings. The minimum absolute atomic E-state index is 0.993. The van der Waals surface area contributed by atoms with E-state index in [-0.39, 0.29) is 0 Å². The lowest BCUT2D eigenvalue weighted by molar-refractivity contribution is 0.307. The number of benzene rings is 2. The third kappa shape index (κ3) is 3.87. The summed E-state index contributed by atoms with van der Waals surface area (Å²) in [7, 11) is 0. The number of halogens is 11. The number of ether oxygens (including phenoxy) is 2. The summed E-state index contributed by atoms with van der Waals surface area (Å²) in [5.74, 6) is -28.2. The predicted octanol–water partition coefficient (Wildman–Crippen LogP) is 5.50. The fraction of sp³-hybridized carbons (Fsp3) is 0. The summed E-state index contributed by atoms with van der Waals surface area (Å²) in [4.78, 5) is 9.26. The van der Waals surface area contributed by atoms with Crippen LogP contribution in [0.3, 0.4) is 0 Å². The zero-order chi connectivity index (χ0) is 23.2. The van der Waals surface area contributed by atoms with Crippen LogP contribution < -0.4 is 9.47 Å². The molecule has 1 heterocycles. The van der Waals surface area contributed by atoms with Crippen molar-refractivity contribution in [3.8, 4) is 23.5 Å². The molecule has 0 amide bonds. The standard InChI is InChI=1S/C15ClF10N3O2/c16-13-27-14(30-11-7(23)3(19)1(17)4(20)8(11)24)29-15(28-13)31-12-9(25)5(21)2(18)6(22)10(12)26. The molecule has 3 rings (SSSR count). The van der Waals surface area contributed by atoms with Crippen LogP contribution in [0.5, 0.6) is 23.5 Å². The first-order valence-electron chi connectivity index (χ1n) is 7.24. The number of hydrogen-bond acceptors (Lipinski definition) is 5. The van der Waals surface area contributed by atoms with E-state index >= 15 is 0 Å². The fourth-order valence-electron chi connectivity index (χ4n) is 1.94. The van der Waals surface area contributed by atoms with E-state index < -0.39 is 87.0 Å². The normalized spacial score (nSPS) is 11.1. The highest BCUT2D eigenvalue weighted by Crippen LogP contribution is 2.34. The lowest BCUT2D eigenvalue weighted by Gasteiger charge is -2.11. The molecule has 0 bridgehead atoms. The van der Waals surface area contributed by atoms with Gasteiger partial charge in [0.05, 0.1) is 0 Å². The van der Waals surface area contributed by atoms with Crippen LogP contribution >= 0.6 is 11.6 Å². The van der Waals surface area contributed by atoms with E-state index in [4.69, 9.17) is 11.6 Å². The Kier molecular flexibility index (Phi) is 5.80. The van der Waals surface area contributed by atoms with Gasteiger partial charge >= 0.3 is 12.0 Å². The van der Waals surface area contributed by atoms with E-state index in [0.717, 1.165) is 0 Å². The maximum Gasteiger partial charge on any atom is 0.329 e. The van der Waals surface area contributed by atoms with Gasteiger partial charge in [-0.2, -0.15) is 27.5 Å². The number of hydrogen-bond donors (Lipinski definition) is 0. The van der Waals surface area contributed by atoms with Gasteiger partial charge in [-0.1, -0.05) is 0 Å². The summed E-state index contributed by atoms with van der Waals surface area (Å²) in [6.45, 7) is 0. The van der Waals surface area contributed by atoms with Crippen LogP contribution in [0.15, 0.2) is 0 Å². The van der Waals surface area contributed by atoms with Gasteiger partial charge in [0, 0.05) is 0 Å². The maximum atomic E-state index is 13.7. The predicted molar refractivity (Wildman–Crippen MR) is 77.4 cm³/mol. The molecule has 5 nitrogen and oxygen atoms in total. The smallest absolute Gasteiger partial charge is 0.329 e. The second-order valence-electron chi connectivity index (χ2n) is 5.17. The molecule has 16 heteroatoms. The lowest BCUT2D eigenvalue weighted by atomic mass is 10.2. The molecular weight excluding hydrogens is 480 g/mol. The molecule has 0 N–H and O–H groups in total. The van der Waals surface area contributed by atoms with Crippen LogP contribution in [0.2, 0.25) is 5.28 Å². The Morgan fingerprint density at radius 2 is 0.677 bits per heavy atom. The van der Waals surface area contributed by atoms with Crippen molar-refractivity contribution in [2.45, 2.75) is 0 Å². The molecule has 2 aromatic carbocycles. The molecule has 0 spiro atoms. The molecule has 1 aromatic heterocycles. The summed E-state index contributed by atoms with van der Waals surface area (Å²) >= 11 is 5.40. The topological polar surface area (TPSA) is 57.1 Å². The molecular formula is C15ClF10N3O2. The summed E-state index contributed by atoms with van der Waals surface area (Å²) in [5, 5.41) is -0.993. The van der Waals surface area contributed by atoms with Gasteiger partial charge in [-0.05, 0) is 11.6 Å².